The molecule has 0 aliphatic heterocycles. The third kappa shape index (κ3) is 5.31. The molecule has 1 heterocycles. The van der Waals surface area contributed by atoms with E-state index in [1.807, 2.05) is 19.1 Å². The molecule has 0 unspecified atom stereocenters. The minimum absolute atomic E-state index is 0.0337. The molecule has 3 N–H and O–H groups in total. The largest absolute Gasteiger partial charge is 0.490 e. The van der Waals surface area contributed by atoms with Gasteiger partial charge in [-0.05, 0) is 31.0 Å². The highest BCUT2D eigenvalue weighted by Crippen LogP contribution is 2.21. The summed E-state index contributed by atoms with van der Waals surface area (Å²) in [6.45, 7) is 2.48. The van der Waals surface area contributed by atoms with Crippen molar-refractivity contribution in [3.8, 4) is 5.75 Å². The third-order valence-electron chi connectivity index (χ3n) is 3.51. The molecule has 132 valence electrons. The fraction of sp³-hybridized carbons (Fsp3) is 0.263. The van der Waals surface area contributed by atoms with Gasteiger partial charge in [-0.3, -0.25) is 4.79 Å². The number of nitrogen functional groups attached to an aromatic ring is 1. The van der Waals surface area contributed by atoms with Crippen LogP contribution in [0.25, 0.3) is 0 Å². The van der Waals surface area contributed by atoms with E-state index in [9.17, 15) is 9.18 Å². The summed E-state index contributed by atoms with van der Waals surface area (Å²) in [6, 6.07) is 8.06. The molecule has 1 aromatic heterocycles. The van der Waals surface area contributed by atoms with E-state index >= 15 is 0 Å². The standard InChI is InChI=1S/C19H22FN3O2/c1-2-3-4-5-12-25-16-10-6-8-14(17(16)20)13-23-19(24)15-9-7-11-22-18(15)21/h3-4,6-11H,2,5,12-13H2,1H3,(H2,21,22)(H,23,24). The highest BCUT2D eigenvalue weighted by Gasteiger charge is 2.13. The van der Waals surface area contributed by atoms with Crippen molar-refractivity contribution < 1.29 is 13.9 Å². The summed E-state index contributed by atoms with van der Waals surface area (Å²) >= 11 is 0. The van der Waals surface area contributed by atoms with Gasteiger partial charge < -0.3 is 15.8 Å². The Hall–Kier alpha value is -2.89. The van der Waals surface area contributed by atoms with Crippen molar-refractivity contribution in [2.75, 3.05) is 12.3 Å². The van der Waals surface area contributed by atoms with Crippen LogP contribution in [0.15, 0.2) is 48.7 Å². The van der Waals surface area contributed by atoms with Gasteiger partial charge in [0.25, 0.3) is 5.91 Å². The number of nitrogens with one attached hydrogen (secondary N) is 1. The Labute approximate surface area is 146 Å². The quantitative estimate of drug-likeness (QED) is 0.568. The second-order valence-electron chi connectivity index (χ2n) is 5.36. The van der Waals surface area contributed by atoms with Gasteiger partial charge in [0.05, 0.1) is 12.2 Å². The van der Waals surface area contributed by atoms with Gasteiger partial charge in [0.2, 0.25) is 0 Å². The SMILES string of the molecule is CCC=CCCOc1cccc(CNC(=O)c2cccnc2N)c1F. The first kappa shape index (κ1) is 18.4. The van der Waals surface area contributed by atoms with Crippen molar-refractivity contribution >= 4 is 11.7 Å². The van der Waals surface area contributed by atoms with E-state index in [1.165, 1.54) is 6.20 Å². The summed E-state index contributed by atoms with van der Waals surface area (Å²) in [5.41, 5.74) is 6.27. The van der Waals surface area contributed by atoms with Gasteiger partial charge in [-0.1, -0.05) is 31.2 Å². The Balaban J connectivity index is 1.96. The lowest BCUT2D eigenvalue weighted by atomic mass is 10.2. The number of hydrogen-bond acceptors (Lipinski definition) is 4. The molecule has 0 saturated carbocycles. The predicted molar refractivity (Wildman–Crippen MR) is 95.8 cm³/mol. The van der Waals surface area contributed by atoms with Gasteiger partial charge in [0, 0.05) is 18.3 Å². The molecule has 5 nitrogen and oxygen atoms in total. The smallest absolute Gasteiger partial charge is 0.255 e. The third-order valence-corrected chi connectivity index (χ3v) is 3.51. The molecule has 1 aromatic carbocycles. The molecule has 25 heavy (non-hydrogen) atoms. The summed E-state index contributed by atoms with van der Waals surface area (Å²) in [4.78, 5) is 16.0. The van der Waals surface area contributed by atoms with Crippen molar-refractivity contribution in [3.63, 3.8) is 0 Å². The van der Waals surface area contributed by atoms with E-state index in [2.05, 4.69) is 10.3 Å². The van der Waals surface area contributed by atoms with Crippen LogP contribution in [-0.4, -0.2) is 17.5 Å². The van der Waals surface area contributed by atoms with Crippen molar-refractivity contribution in [3.05, 3.63) is 65.6 Å². The van der Waals surface area contributed by atoms with Crippen LogP contribution in [0.1, 0.15) is 35.7 Å². The normalized spacial score (nSPS) is 10.8. The van der Waals surface area contributed by atoms with Gasteiger partial charge in [0.1, 0.15) is 5.82 Å². The fourth-order valence-electron chi connectivity index (χ4n) is 2.21. The van der Waals surface area contributed by atoms with Crippen LogP contribution < -0.4 is 15.8 Å². The number of nitrogens with two attached hydrogens (primary N) is 1. The molecule has 0 aliphatic rings. The molecule has 0 atom stereocenters. The van der Waals surface area contributed by atoms with Gasteiger partial charge in [0.15, 0.2) is 11.6 Å². The van der Waals surface area contributed by atoms with Gasteiger partial charge in [-0.2, -0.15) is 0 Å². The maximum Gasteiger partial charge on any atom is 0.255 e. The highest BCUT2D eigenvalue weighted by molar-refractivity contribution is 5.98. The summed E-state index contributed by atoms with van der Waals surface area (Å²) < 4.78 is 19.9. The average Bonchev–Trinajstić information content (AvgIpc) is 2.62. The summed E-state index contributed by atoms with van der Waals surface area (Å²) in [5.74, 6) is -0.558. The second kappa shape index (κ2) is 9.42. The van der Waals surface area contributed by atoms with Crippen LogP contribution in [0.5, 0.6) is 5.75 Å². The zero-order chi connectivity index (χ0) is 18.1. The molecule has 1 amide bonds. The van der Waals surface area contributed by atoms with Crippen molar-refractivity contribution in [2.45, 2.75) is 26.3 Å². The van der Waals surface area contributed by atoms with Gasteiger partial charge in [-0.15, -0.1) is 0 Å². The Kier molecular flexibility index (Phi) is 6.95. The van der Waals surface area contributed by atoms with E-state index < -0.39 is 11.7 Å². The molecular weight excluding hydrogens is 321 g/mol. The number of aromatic nitrogens is 1. The fourth-order valence-corrected chi connectivity index (χ4v) is 2.21. The highest BCUT2D eigenvalue weighted by atomic mass is 19.1. The second-order valence-corrected chi connectivity index (χ2v) is 5.36. The number of pyridine rings is 1. The van der Waals surface area contributed by atoms with E-state index in [-0.39, 0.29) is 23.7 Å². The molecule has 6 heteroatoms. The zero-order valence-electron chi connectivity index (χ0n) is 14.2. The lowest BCUT2D eigenvalue weighted by Gasteiger charge is -2.11. The van der Waals surface area contributed by atoms with Gasteiger partial charge >= 0.3 is 0 Å². The van der Waals surface area contributed by atoms with E-state index in [4.69, 9.17) is 10.5 Å². The number of benzene rings is 1. The molecule has 0 radical (unpaired) electrons. The monoisotopic (exact) mass is 343 g/mol. The summed E-state index contributed by atoms with van der Waals surface area (Å²) in [6.07, 6.45) is 7.22. The number of carbonyl (C=O) groups excluding carboxylic acids is 1. The van der Waals surface area contributed by atoms with E-state index in [0.717, 1.165) is 6.42 Å². The van der Waals surface area contributed by atoms with Crippen molar-refractivity contribution in [1.29, 1.82) is 0 Å². The van der Waals surface area contributed by atoms with Crippen LogP contribution in [0, 0.1) is 5.82 Å². The van der Waals surface area contributed by atoms with Crippen LogP contribution in [0.2, 0.25) is 0 Å². The number of allylic oxidation sites excluding steroid dienone is 1. The van der Waals surface area contributed by atoms with Crippen LogP contribution >= 0.6 is 0 Å². The molecule has 0 fully saturated rings. The molecule has 2 aromatic rings. The number of anilines is 1. The molecule has 0 spiro atoms. The Morgan fingerprint density at radius 2 is 2.16 bits per heavy atom. The molecule has 0 bridgehead atoms. The topological polar surface area (TPSA) is 77.2 Å². The average molecular weight is 343 g/mol. The number of amides is 1. The lowest BCUT2D eigenvalue weighted by Crippen LogP contribution is -2.24. The Bertz CT molecular complexity index is 747. The lowest BCUT2D eigenvalue weighted by molar-refractivity contribution is 0.0951. The predicted octanol–water partition coefficient (Wildman–Crippen LogP) is 3.47. The maximum absolute atomic E-state index is 14.4. The summed E-state index contributed by atoms with van der Waals surface area (Å²) in [7, 11) is 0. The summed E-state index contributed by atoms with van der Waals surface area (Å²) in [5, 5.41) is 2.64. The number of ether oxygens (including phenoxy) is 1. The number of halogens is 1. The Morgan fingerprint density at radius 1 is 1.32 bits per heavy atom. The number of nitrogens with zero attached hydrogens (tertiary/aromatic N) is 1. The molecule has 2 rings (SSSR count). The Morgan fingerprint density at radius 3 is 2.92 bits per heavy atom. The molecule has 0 saturated heterocycles. The number of carbonyl (C=O) groups is 1. The van der Waals surface area contributed by atoms with Crippen LogP contribution in [0.3, 0.4) is 0 Å². The van der Waals surface area contributed by atoms with Crippen LogP contribution in [0.4, 0.5) is 10.2 Å². The van der Waals surface area contributed by atoms with Gasteiger partial charge in [-0.25, -0.2) is 9.37 Å². The number of rotatable bonds is 8. The molecular formula is C19H22FN3O2. The number of hydrogen-bond donors (Lipinski definition) is 2. The maximum atomic E-state index is 14.4. The first-order chi connectivity index (χ1) is 12.1. The van der Waals surface area contributed by atoms with Crippen molar-refractivity contribution in [2.24, 2.45) is 0 Å². The van der Waals surface area contributed by atoms with E-state index in [1.54, 1.807) is 30.3 Å². The van der Waals surface area contributed by atoms with Crippen LogP contribution in [-0.2, 0) is 6.54 Å². The van der Waals surface area contributed by atoms with Crippen molar-refractivity contribution in [1.82, 2.24) is 10.3 Å². The molecule has 0 aliphatic carbocycles. The van der Waals surface area contributed by atoms with E-state index in [0.29, 0.717) is 18.6 Å². The first-order valence-electron chi connectivity index (χ1n) is 8.17. The minimum atomic E-state index is -0.471. The minimum Gasteiger partial charge on any atom is -0.490 e. The first-order valence-corrected chi connectivity index (χ1v) is 8.17. The zero-order valence-corrected chi connectivity index (χ0v) is 14.2.